The summed E-state index contributed by atoms with van der Waals surface area (Å²) in [6.45, 7) is 0.729. The van der Waals surface area contributed by atoms with Crippen molar-refractivity contribution in [2.75, 3.05) is 14.2 Å². The van der Waals surface area contributed by atoms with Crippen molar-refractivity contribution in [2.45, 2.75) is 50.9 Å². The number of aryl methyl sites for hydroxylation is 2. The van der Waals surface area contributed by atoms with Crippen LogP contribution in [0.1, 0.15) is 55.8 Å². The van der Waals surface area contributed by atoms with E-state index in [-0.39, 0.29) is 18.1 Å². The van der Waals surface area contributed by atoms with Gasteiger partial charge in [-0.05, 0) is 72.2 Å². The monoisotopic (exact) mass is 590 g/mol. The summed E-state index contributed by atoms with van der Waals surface area (Å²) in [4.78, 5) is 42.8. The van der Waals surface area contributed by atoms with E-state index in [0.717, 1.165) is 36.8 Å². The lowest BCUT2D eigenvalue weighted by molar-refractivity contribution is 0.0591. The molecule has 1 heterocycles. The number of hydrogen-bond donors (Lipinski definition) is 0. The van der Waals surface area contributed by atoms with Crippen LogP contribution in [0.15, 0.2) is 109 Å². The SMILES string of the molecule is COC(=O)c1cccc(CN2C(=O)N(Cc3cccc(C(=O)OC)c3)[C@H](CCc3ccccc3)[C@H]2CCc2ccccc2)c1. The van der Waals surface area contributed by atoms with Gasteiger partial charge in [0.15, 0.2) is 0 Å². The van der Waals surface area contributed by atoms with E-state index < -0.39 is 11.9 Å². The van der Waals surface area contributed by atoms with Crippen LogP contribution in [0.4, 0.5) is 4.79 Å². The lowest BCUT2D eigenvalue weighted by Gasteiger charge is -2.29. The first-order valence-corrected chi connectivity index (χ1v) is 15.0. The maximum Gasteiger partial charge on any atom is 0.337 e. The summed E-state index contributed by atoms with van der Waals surface area (Å²) in [5, 5.41) is 0. The lowest BCUT2D eigenvalue weighted by atomic mass is 9.93. The Hall–Kier alpha value is -4.91. The highest BCUT2D eigenvalue weighted by atomic mass is 16.5. The quantitative estimate of drug-likeness (QED) is 0.172. The number of carbonyl (C=O) groups is 3. The van der Waals surface area contributed by atoms with Crippen LogP contribution < -0.4 is 0 Å². The fourth-order valence-electron chi connectivity index (χ4n) is 6.07. The van der Waals surface area contributed by atoms with Crippen molar-refractivity contribution in [3.05, 3.63) is 143 Å². The fourth-order valence-corrected chi connectivity index (χ4v) is 6.07. The van der Waals surface area contributed by atoms with Crippen molar-refractivity contribution in [3.63, 3.8) is 0 Å². The number of ether oxygens (including phenoxy) is 2. The summed E-state index contributed by atoms with van der Waals surface area (Å²) in [7, 11) is 2.73. The Morgan fingerprint density at radius 1 is 0.568 bits per heavy atom. The molecule has 4 aromatic carbocycles. The van der Waals surface area contributed by atoms with Crippen LogP contribution in [0.25, 0.3) is 0 Å². The van der Waals surface area contributed by atoms with Gasteiger partial charge in [-0.15, -0.1) is 0 Å². The molecule has 5 rings (SSSR count). The van der Waals surface area contributed by atoms with E-state index in [0.29, 0.717) is 24.2 Å². The molecule has 44 heavy (non-hydrogen) atoms. The molecule has 0 unspecified atom stereocenters. The molecule has 0 radical (unpaired) electrons. The summed E-state index contributed by atoms with van der Waals surface area (Å²) in [6, 6.07) is 35.0. The van der Waals surface area contributed by atoms with E-state index in [9.17, 15) is 14.4 Å². The third-order valence-corrected chi connectivity index (χ3v) is 8.28. The second kappa shape index (κ2) is 14.5. The van der Waals surface area contributed by atoms with Gasteiger partial charge in [0.2, 0.25) is 0 Å². The topological polar surface area (TPSA) is 76.2 Å². The van der Waals surface area contributed by atoms with Gasteiger partial charge >= 0.3 is 18.0 Å². The Bertz CT molecular complexity index is 1460. The van der Waals surface area contributed by atoms with Crippen LogP contribution in [0.2, 0.25) is 0 Å². The van der Waals surface area contributed by atoms with E-state index >= 15 is 0 Å². The number of amides is 2. The molecule has 1 aliphatic heterocycles. The molecule has 1 saturated heterocycles. The lowest BCUT2D eigenvalue weighted by Crippen LogP contribution is -2.38. The minimum absolute atomic E-state index is 0.0620. The Balaban J connectivity index is 1.49. The number of esters is 2. The maximum absolute atomic E-state index is 14.4. The summed E-state index contributed by atoms with van der Waals surface area (Å²) in [6.07, 6.45) is 3.21. The van der Waals surface area contributed by atoms with Gasteiger partial charge < -0.3 is 19.3 Å². The predicted octanol–water partition coefficient (Wildman–Crippen LogP) is 6.70. The number of nitrogens with zero attached hydrogens (tertiary/aromatic N) is 2. The zero-order valence-corrected chi connectivity index (χ0v) is 25.2. The number of benzene rings is 4. The van der Waals surface area contributed by atoms with Gasteiger partial charge in [-0.3, -0.25) is 0 Å². The van der Waals surface area contributed by atoms with E-state index in [2.05, 4.69) is 24.3 Å². The highest BCUT2D eigenvalue weighted by Gasteiger charge is 2.44. The first kappa shape index (κ1) is 30.5. The van der Waals surface area contributed by atoms with Gasteiger partial charge in [-0.1, -0.05) is 84.9 Å². The average Bonchev–Trinajstić information content (AvgIpc) is 3.31. The predicted molar refractivity (Wildman–Crippen MR) is 169 cm³/mol. The third-order valence-electron chi connectivity index (χ3n) is 8.28. The van der Waals surface area contributed by atoms with E-state index in [1.54, 1.807) is 24.3 Å². The maximum atomic E-state index is 14.4. The molecular weight excluding hydrogens is 552 g/mol. The Morgan fingerprint density at radius 2 is 0.955 bits per heavy atom. The van der Waals surface area contributed by atoms with Crippen LogP contribution in [-0.2, 0) is 35.4 Å². The van der Waals surface area contributed by atoms with Crippen LogP contribution in [-0.4, -0.2) is 54.1 Å². The molecule has 226 valence electrons. The summed E-state index contributed by atoms with van der Waals surface area (Å²) >= 11 is 0. The minimum atomic E-state index is -0.409. The molecular formula is C37H38N2O5. The zero-order chi connectivity index (χ0) is 30.9. The van der Waals surface area contributed by atoms with Gasteiger partial charge in [0, 0.05) is 13.1 Å². The van der Waals surface area contributed by atoms with Gasteiger partial charge in [-0.2, -0.15) is 0 Å². The molecule has 7 nitrogen and oxygen atoms in total. The molecule has 0 saturated carbocycles. The van der Waals surface area contributed by atoms with Crippen molar-refractivity contribution in [1.29, 1.82) is 0 Å². The van der Waals surface area contributed by atoms with Gasteiger partial charge in [-0.25, -0.2) is 14.4 Å². The number of urea groups is 1. The Morgan fingerprint density at radius 3 is 1.34 bits per heavy atom. The van der Waals surface area contributed by atoms with Gasteiger partial charge in [0.1, 0.15) is 0 Å². The molecule has 0 spiro atoms. The largest absolute Gasteiger partial charge is 0.465 e. The standard InChI is InChI=1S/C37H38N2O5/c1-43-35(40)31-17-9-15-29(23-31)25-38-33(21-19-27-11-5-3-6-12-27)34(22-20-28-13-7-4-8-14-28)39(37(38)42)26-30-16-10-18-32(24-30)36(41)44-2/h3-18,23-24,33-34H,19-22,25-26H2,1-2H3/t33-,34-/m1/s1. The summed E-state index contributed by atoms with van der Waals surface area (Å²) < 4.78 is 9.88. The third kappa shape index (κ3) is 7.35. The number of carbonyl (C=O) groups excluding carboxylic acids is 3. The summed E-state index contributed by atoms with van der Waals surface area (Å²) in [5.41, 5.74) is 5.08. The highest BCUT2D eigenvalue weighted by molar-refractivity contribution is 5.90. The van der Waals surface area contributed by atoms with Crippen molar-refractivity contribution in [1.82, 2.24) is 9.80 Å². The van der Waals surface area contributed by atoms with Crippen LogP contribution >= 0.6 is 0 Å². The molecule has 7 heteroatoms. The van der Waals surface area contributed by atoms with Crippen LogP contribution in [0.5, 0.6) is 0 Å². The normalized spacial score (nSPS) is 16.2. The van der Waals surface area contributed by atoms with Crippen LogP contribution in [0, 0.1) is 0 Å². The molecule has 0 aromatic heterocycles. The average molecular weight is 591 g/mol. The highest BCUT2D eigenvalue weighted by Crippen LogP contribution is 2.33. The first-order chi connectivity index (χ1) is 21.5. The van der Waals surface area contributed by atoms with Crippen LogP contribution in [0.3, 0.4) is 0 Å². The smallest absolute Gasteiger partial charge is 0.337 e. The number of methoxy groups -OCH3 is 2. The number of hydrogen-bond acceptors (Lipinski definition) is 5. The molecule has 2 atom stereocenters. The van der Waals surface area contributed by atoms with Crippen molar-refractivity contribution in [2.24, 2.45) is 0 Å². The van der Waals surface area contributed by atoms with E-state index in [4.69, 9.17) is 9.47 Å². The minimum Gasteiger partial charge on any atom is -0.465 e. The Kier molecular flexibility index (Phi) is 10.1. The number of rotatable bonds is 12. The molecule has 1 fully saturated rings. The molecule has 2 amide bonds. The molecule has 1 aliphatic rings. The molecule has 0 N–H and O–H groups in total. The van der Waals surface area contributed by atoms with Crippen molar-refractivity contribution in [3.8, 4) is 0 Å². The fraction of sp³-hybridized carbons (Fsp3) is 0.270. The Labute approximate surface area is 259 Å². The molecule has 0 bridgehead atoms. The molecule has 0 aliphatic carbocycles. The van der Waals surface area contributed by atoms with Crippen molar-refractivity contribution >= 4 is 18.0 Å². The molecule has 4 aromatic rings. The summed E-state index contributed by atoms with van der Waals surface area (Å²) in [5.74, 6) is -0.818. The van der Waals surface area contributed by atoms with E-state index in [1.807, 2.05) is 70.5 Å². The van der Waals surface area contributed by atoms with Gasteiger partial charge in [0.05, 0.1) is 37.4 Å². The second-order valence-electron chi connectivity index (χ2n) is 11.1. The zero-order valence-electron chi connectivity index (χ0n) is 25.2. The van der Waals surface area contributed by atoms with Crippen molar-refractivity contribution < 1.29 is 23.9 Å². The van der Waals surface area contributed by atoms with E-state index in [1.165, 1.54) is 25.3 Å². The van der Waals surface area contributed by atoms with Gasteiger partial charge in [0.25, 0.3) is 0 Å². The first-order valence-electron chi connectivity index (χ1n) is 15.0. The second-order valence-corrected chi connectivity index (χ2v) is 11.1.